The van der Waals surface area contributed by atoms with E-state index in [9.17, 15) is 14.4 Å². The zero-order valence-electron chi connectivity index (χ0n) is 13.3. The van der Waals surface area contributed by atoms with Gasteiger partial charge in [0.15, 0.2) is 22.1 Å². The van der Waals surface area contributed by atoms with E-state index < -0.39 is 43.4 Å². The molecule has 0 atom stereocenters. The van der Waals surface area contributed by atoms with Gasteiger partial charge in [-0.2, -0.15) is 0 Å². The second-order valence-electron chi connectivity index (χ2n) is 8.09. The van der Waals surface area contributed by atoms with Gasteiger partial charge in [0.2, 0.25) is 0 Å². The van der Waals surface area contributed by atoms with Gasteiger partial charge < -0.3 is 14.4 Å². The Morgan fingerprint density at radius 3 is 0.611 bits per heavy atom. The van der Waals surface area contributed by atoms with E-state index >= 15 is 0 Å². The van der Waals surface area contributed by atoms with Gasteiger partial charge in [0, 0.05) is 0 Å². The summed E-state index contributed by atoms with van der Waals surface area (Å²) in [6.07, 6.45) is 0. The number of rotatable bonds is 0. The van der Waals surface area contributed by atoms with Gasteiger partial charge in [-0.3, -0.25) is 0 Å². The summed E-state index contributed by atoms with van der Waals surface area (Å²) in [5, 5.41) is 0. The van der Waals surface area contributed by atoms with Crippen molar-refractivity contribution in [3.63, 3.8) is 0 Å². The van der Waals surface area contributed by atoms with Gasteiger partial charge in [-0.25, -0.2) is 0 Å². The molecule has 1 fully saturated rings. The molecule has 3 N–H and O–H groups in total. The van der Waals surface area contributed by atoms with Crippen molar-refractivity contribution in [1.82, 2.24) is 0 Å². The predicted octanol–water partition coefficient (Wildman–Crippen LogP) is 1.30. The second kappa shape index (κ2) is 3.88. The molecule has 18 heavy (non-hydrogen) atoms. The molecule has 1 heterocycles. The van der Waals surface area contributed by atoms with E-state index in [1.54, 1.807) is 0 Å². The largest absolute Gasteiger partial charge is 0.438 e. The summed E-state index contributed by atoms with van der Waals surface area (Å²) in [7, 11) is -13.5. The highest BCUT2D eigenvalue weighted by Crippen LogP contribution is 2.48. The van der Waals surface area contributed by atoms with Crippen LogP contribution in [0.15, 0.2) is 0 Å². The molecule has 0 bridgehead atoms. The SMILES string of the molecule is C[Si]1(C)[Si](C)(O)[Si](C)(C)[Si](C)(O)[Si](C)(C)[Si]1(C)O. The summed E-state index contributed by atoms with van der Waals surface area (Å²) in [5.74, 6) is 0. The van der Waals surface area contributed by atoms with Crippen LogP contribution in [0.5, 0.6) is 0 Å². The molecule has 0 aromatic carbocycles. The lowest BCUT2D eigenvalue weighted by Crippen LogP contribution is -3.02. The molecule has 0 aromatic rings. The van der Waals surface area contributed by atoms with Crippen molar-refractivity contribution in [2.75, 3.05) is 0 Å². The first-order valence-corrected chi connectivity index (χ1v) is 29.0. The van der Waals surface area contributed by atoms with Crippen LogP contribution < -0.4 is 0 Å². The topological polar surface area (TPSA) is 60.7 Å². The van der Waals surface area contributed by atoms with E-state index in [1.807, 2.05) is 0 Å². The minimum absolute atomic E-state index is 2.02. The van der Waals surface area contributed by atoms with Gasteiger partial charge in [-0.1, -0.05) is 58.9 Å². The summed E-state index contributed by atoms with van der Waals surface area (Å²) in [6.45, 7) is 19.5. The third-order valence-corrected chi connectivity index (χ3v) is 139. The molecule has 3 nitrogen and oxygen atoms in total. The first kappa shape index (κ1) is 17.2. The minimum Gasteiger partial charge on any atom is -0.438 e. The average Bonchev–Trinajstić information content (AvgIpc) is 2.14. The molecule has 0 aromatic heterocycles. The number of hydrogen-bond acceptors (Lipinski definition) is 3. The highest BCUT2D eigenvalue weighted by atomic mass is 30.2. The quantitative estimate of drug-likeness (QED) is 0.575. The Labute approximate surface area is 116 Å². The highest BCUT2D eigenvalue weighted by molar-refractivity contribution is 8.11. The van der Waals surface area contributed by atoms with Crippen LogP contribution in [0.1, 0.15) is 0 Å². The molecular weight excluding hydrogens is 325 g/mol. The molecule has 1 aliphatic rings. The maximum Gasteiger partial charge on any atom is 0.161 e. The van der Waals surface area contributed by atoms with E-state index in [-0.39, 0.29) is 0 Å². The van der Waals surface area contributed by atoms with Crippen LogP contribution in [0.4, 0.5) is 0 Å². The molecule has 1 aliphatic heterocycles. The smallest absolute Gasteiger partial charge is 0.161 e. The summed E-state index contributed by atoms with van der Waals surface area (Å²) in [4.78, 5) is 34.1. The fraction of sp³-hybridized carbons (Fsp3) is 1.00. The molecule has 0 amide bonds. The van der Waals surface area contributed by atoms with E-state index in [1.165, 1.54) is 0 Å². The molecule has 0 spiro atoms. The first-order chi connectivity index (χ1) is 7.50. The molecule has 0 unspecified atom stereocenters. The van der Waals surface area contributed by atoms with Crippen LogP contribution >= 0.6 is 0 Å². The van der Waals surface area contributed by atoms with Crippen molar-refractivity contribution >= 4 is 43.4 Å². The molecule has 1 rings (SSSR count). The van der Waals surface area contributed by atoms with Gasteiger partial charge >= 0.3 is 0 Å². The lowest BCUT2D eigenvalue weighted by atomic mass is 11.9. The fourth-order valence-corrected chi connectivity index (χ4v) is 212. The average molecular weight is 355 g/mol. The third kappa shape index (κ3) is 1.48. The Morgan fingerprint density at radius 1 is 0.389 bits per heavy atom. The highest BCUT2D eigenvalue weighted by Gasteiger charge is 2.81. The summed E-state index contributed by atoms with van der Waals surface area (Å²) in [5.41, 5.74) is 0. The van der Waals surface area contributed by atoms with E-state index in [4.69, 9.17) is 0 Å². The Morgan fingerprint density at radius 2 is 0.500 bits per heavy atom. The van der Waals surface area contributed by atoms with Gasteiger partial charge in [0.1, 0.15) is 0 Å². The van der Waals surface area contributed by atoms with Gasteiger partial charge in [-0.15, -0.1) is 0 Å². The summed E-state index contributed by atoms with van der Waals surface area (Å²) >= 11 is 0. The van der Waals surface area contributed by atoms with Crippen LogP contribution in [-0.4, -0.2) is 57.8 Å². The van der Waals surface area contributed by atoms with Crippen LogP contribution in [0, 0.1) is 0 Å². The second-order valence-corrected chi connectivity index (χ2v) is 73.3. The molecule has 1 saturated heterocycles. The van der Waals surface area contributed by atoms with Crippen molar-refractivity contribution in [3.8, 4) is 0 Å². The van der Waals surface area contributed by atoms with Gasteiger partial charge in [0.25, 0.3) is 0 Å². The Balaban J connectivity index is 3.72. The lowest BCUT2D eigenvalue weighted by molar-refractivity contribution is 0.561. The predicted molar refractivity (Wildman–Crippen MR) is 94.0 cm³/mol. The van der Waals surface area contributed by atoms with Crippen LogP contribution in [-0.2, 0) is 0 Å². The summed E-state index contributed by atoms with van der Waals surface area (Å²) < 4.78 is 0. The summed E-state index contributed by atoms with van der Waals surface area (Å²) in [6, 6.07) is 0. The van der Waals surface area contributed by atoms with E-state index in [0.29, 0.717) is 0 Å². The minimum atomic E-state index is -2.47. The molecular formula is C9H30O3Si6. The van der Waals surface area contributed by atoms with E-state index in [0.717, 1.165) is 0 Å². The Hall–Kier alpha value is 1.18. The zero-order chi connectivity index (χ0) is 15.0. The Kier molecular flexibility index (Phi) is 3.72. The van der Waals surface area contributed by atoms with Crippen molar-refractivity contribution in [2.24, 2.45) is 0 Å². The van der Waals surface area contributed by atoms with E-state index in [2.05, 4.69) is 58.9 Å². The van der Waals surface area contributed by atoms with Crippen LogP contribution in [0.3, 0.4) is 0 Å². The molecule has 0 aliphatic carbocycles. The fourth-order valence-electron chi connectivity index (χ4n) is 3.77. The van der Waals surface area contributed by atoms with Crippen molar-refractivity contribution in [1.29, 1.82) is 0 Å². The van der Waals surface area contributed by atoms with Crippen molar-refractivity contribution < 1.29 is 14.4 Å². The van der Waals surface area contributed by atoms with Gasteiger partial charge in [0.05, 0.1) is 21.3 Å². The normalized spacial score (nSPS) is 50.0. The molecule has 0 radical (unpaired) electrons. The van der Waals surface area contributed by atoms with Crippen LogP contribution in [0.25, 0.3) is 0 Å². The monoisotopic (exact) mass is 354 g/mol. The zero-order valence-corrected chi connectivity index (χ0v) is 19.3. The van der Waals surface area contributed by atoms with Crippen molar-refractivity contribution in [3.05, 3.63) is 0 Å². The molecule has 9 heteroatoms. The van der Waals surface area contributed by atoms with Gasteiger partial charge in [-0.05, 0) is 0 Å². The number of hydrogen-bond donors (Lipinski definition) is 3. The molecule has 0 saturated carbocycles. The third-order valence-electron chi connectivity index (χ3n) is 7.30. The maximum atomic E-state index is 11.4. The maximum absolute atomic E-state index is 11.4. The standard InChI is InChI=1S/C9H30O3Si6/c1-13(2)16(7,10)14(3,4)18(9,12)15(5,6)17(13,8)11/h10-12H,1-9H3. The van der Waals surface area contributed by atoms with Crippen molar-refractivity contribution in [2.45, 2.75) is 58.9 Å². The Bertz CT molecular complexity index is 257. The first-order valence-electron chi connectivity index (χ1n) is 6.67. The lowest BCUT2D eigenvalue weighted by Gasteiger charge is -2.67. The van der Waals surface area contributed by atoms with Crippen LogP contribution in [0.2, 0.25) is 58.9 Å². The molecule has 108 valence electrons.